The molecule has 1 amide bonds. The first-order valence-electron chi connectivity index (χ1n) is 11.3. The number of halogens is 1. The van der Waals surface area contributed by atoms with Crippen LogP contribution in [0.4, 0.5) is 11.4 Å². The maximum absolute atomic E-state index is 13.3. The number of fused-ring (bicyclic) bond motifs is 1. The molecule has 3 aromatic rings. The van der Waals surface area contributed by atoms with Crippen LogP contribution in [0, 0.1) is 10.1 Å². The van der Waals surface area contributed by atoms with Crippen molar-refractivity contribution < 1.29 is 9.72 Å². The highest BCUT2D eigenvalue weighted by atomic mass is 35.5. The van der Waals surface area contributed by atoms with Gasteiger partial charge < -0.3 is 25.4 Å². The van der Waals surface area contributed by atoms with Gasteiger partial charge in [-0.3, -0.25) is 19.7 Å². The van der Waals surface area contributed by atoms with E-state index < -0.39 is 16.2 Å². The molecular weight excluding hydrogens is 504 g/mol. The van der Waals surface area contributed by atoms with Crippen molar-refractivity contribution in [1.82, 2.24) is 20.5 Å². The molecule has 0 aliphatic carbocycles. The summed E-state index contributed by atoms with van der Waals surface area (Å²) < 4.78 is 1.52. The molecule has 0 unspecified atom stereocenters. The minimum absolute atomic E-state index is 0. The lowest BCUT2D eigenvalue weighted by molar-refractivity contribution is -0.385. The number of amides is 1. The summed E-state index contributed by atoms with van der Waals surface area (Å²) in [6.45, 7) is 2.90. The monoisotopic (exact) mass is 536 g/mol. The number of thiophene rings is 1. The number of rotatable bonds is 7. The fourth-order valence-electron chi connectivity index (χ4n) is 4.32. The number of anilines is 1. The molecule has 12 heteroatoms. The molecule has 0 saturated carbocycles. The maximum atomic E-state index is 13.3. The highest BCUT2D eigenvalue weighted by molar-refractivity contribution is 7.12. The topological polar surface area (TPSA) is 127 Å². The van der Waals surface area contributed by atoms with E-state index >= 15 is 0 Å². The smallest absolute Gasteiger partial charge is 0.357 e. The van der Waals surface area contributed by atoms with Crippen LogP contribution in [0.3, 0.4) is 0 Å². The molecule has 1 aliphatic heterocycles. The van der Waals surface area contributed by atoms with E-state index in [4.69, 9.17) is 0 Å². The number of aromatic nitrogens is 1. The molecule has 1 saturated heterocycles. The van der Waals surface area contributed by atoms with E-state index in [-0.39, 0.29) is 12.1 Å². The second-order valence-electron chi connectivity index (χ2n) is 8.34. The van der Waals surface area contributed by atoms with E-state index in [0.717, 1.165) is 6.54 Å². The number of nitro groups is 1. The first kappa shape index (κ1) is 29.2. The van der Waals surface area contributed by atoms with Crippen molar-refractivity contribution in [3.63, 3.8) is 0 Å². The van der Waals surface area contributed by atoms with Crippen molar-refractivity contribution in [2.24, 2.45) is 0 Å². The van der Waals surface area contributed by atoms with Gasteiger partial charge in [-0.25, -0.2) is 0 Å². The Morgan fingerprint density at radius 2 is 1.78 bits per heavy atom. The van der Waals surface area contributed by atoms with E-state index in [1.165, 1.54) is 22.3 Å². The minimum Gasteiger partial charge on any atom is -0.362 e. The van der Waals surface area contributed by atoms with E-state index in [1.54, 1.807) is 11.0 Å². The Morgan fingerprint density at radius 3 is 2.36 bits per heavy atom. The van der Waals surface area contributed by atoms with E-state index in [0.29, 0.717) is 60.6 Å². The number of hydrogen-bond acceptors (Lipinski definition) is 8. The highest BCUT2D eigenvalue weighted by Crippen LogP contribution is 2.34. The summed E-state index contributed by atoms with van der Waals surface area (Å²) in [6.07, 6.45) is 2.18. The number of piperazine rings is 1. The molecule has 0 radical (unpaired) electrons. The number of carbonyl (C=O) groups excluding carboxylic acids is 1. The molecule has 196 valence electrons. The third kappa shape index (κ3) is 6.22. The quantitative estimate of drug-likeness (QED) is 0.275. The lowest BCUT2D eigenvalue weighted by Gasteiger charge is -2.36. The van der Waals surface area contributed by atoms with Crippen LogP contribution in [0.5, 0.6) is 0 Å². The number of pyridine rings is 1. The molecule has 3 heterocycles. The molecule has 36 heavy (non-hydrogen) atoms. The van der Waals surface area contributed by atoms with Crippen molar-refractivity contribution in [3.8, 4) is 0 Å². The van der Waals surface area contributed by atoms with Gasteiger partial charge in [-0.2, -0.15) is 0 Å². The summed E-state index contributed by atoms with van der Waals surface area (Å²) >= 11 is 6.04. The van der Waals surface area contributed by atoms with Crippen LogP contribution < -0.4 is 16.6 Å². The Hall–Kier alpha value is -2.99. The zero-order chi connectivity index (χ0) is 25.5. The number of aryl methyl sites for hydroxylation is 1. The third-order valence-electron chi connectivity index (χ3n) is 5.91. The van der Waals surface area contributed by atoms with Gasteiger partial charge in [0.15, 0.2) is 0 Å². The molecule has 3 N–H and O–H groups in total. The van der Waals surface area contributed by atoms with Crippen molar-refractivity contribution >= 4 is 51.1 Å². The molecule has 4 rings (SSSR count). The zero-order valence-corrected chi connectivity index (χ0v) is 22.4. The molecular formula is C24H33ClN6O4S. The van der Waals surface area contributed by atoms with E-state index in [9.17, 15) is 19.7 Å². The van der Waals surface area contributed by atoms with Gasteiger partial charge in [0.1, 0.15) is 5.69 Å². The van der Waals surface area contributed by atoms with E-state index in [1.807, 2.05) is 59.6 Å². The van der Waals surface area contributed by atoms with Gasteiger partial charge in [0.25, 0.3) is 5.91 Å². The first-order valence-corrected chi connectivity index (χ1v) is 12.9. The number of nitrogens with zero attached hydrogens (tertiary/aromatic N) is 5. The minimum atomic E-state index is -0.579. The summed E-state index contributed by atoms with van der Waals surface area (Å²) in [7, 11) is 3.91. The van der Waals surface area contributed by atoms with Crippen molar-refractivity contribution in [1.29, 1.82) is 0 Å². The van der Waals surface area contributed by atoms with Gasteiger partial charge >= 0.3 is 11.2 Å². The lowest BCUT2D eigenvalue weighted by Crippen LogP contribution is -2.49. The second-order valence-corrected chi connectivity index (χ2v) is 9.29. The largest absolute Gasteiger partial charge is 0.362 e. The molecule has 0 atom stereocenters. The van der Waals surface area contributed by atoms with Crippen LogP contribution in [0.1, 0.15) is 16.1 Å². The predicted octanol–water partition coefficient (Wildman–Crippen LogP) is 3.90. The van der Waals surface area contributed by atoms with Crippen molar-refractivity contribution in [3.05, 3.63) is 67.1 Å². The molecule has 1 fully saturated rings. The number of benzene rings is 1. The van der Waals surface area contributed by atoms with Crippen LogP contribution >= 0.6 is 22.9 Å². The van der Waals surface area contributed by atoms with Crippen LogP contribution in [0.15, 0.2) is 46.6 Å². The highest BCUT2D eigenvalue weighted by Gasteiger charge is 2.32. The van der Waals surface area contributed by atoms with Gasteiger partial charge in [-0.15, -0.1) is 22.9 Å². The Morgan fingerprint density at radius 1 is 1.11 bits per heavy atom. The van der Waals surface area contributed by atoms with Crippen LogP contribution in [-0.2, 0) is 6.54 Å². The Kier molecular flexibility index (Phi) is 10.8. The average Bonchev–Trinajstić information content (AvgIpc) is 3.40. The van der Waals surface area contributed by atoms with Crippen LogP contribution in [0.2, 0.25) is 0 Å². The second kappa shape index (κ2) is 13.4. The molecule has 0 spiro atoms. The van der Waals surface area contributed by atoms with Gasteiger partial charge in [-0.05, 0) is 44.6 Å². The first-order chi connectivity index (χ1) is 16.9. The Bertz CT molecular complexity index is 1220. The molecule has 2 aromatic heterocycles. The summed E-state index contributed by atoms with van der Waals surface area (Å²) in [6, 6.07) is 11.0. The van der Waals surface area contributed by atoms with Crippen molar-refractivity contribution in [2.45, 2.75) is 13.0 Å². The number of para-hydroxylation sites is 1. The predicted molar refractivity (Wildman–Crippen MR) is 147 cm³/mol. The SMILES string of the molecule is CCl.CN(C)CCCn1c(=O)c([N+](=O)[O-])c(N2CCN(C(=O)c3cccs3)CC2)c2ccccc21.N. The van der Waals surface area contributed by atoms with Crippen LogP contribution in [-0.4, -0.2) is 78.4 Å². The summed E-state index contributed by atoms with van der Waals surface area (Å²) in [5.41, 5.74) is 0.0766. The van der Waals surface area contributed by atoms with Gasteiger partial charge in [0.2, 0.25) is 0 Å². The lowest BCUT2D eigenvalue weighted by atomic mass is 10.1. The van der Waals surface area contributed by atoms with E-state index in [2.05, 4.69) is 11.6 Å². The fraction of sp³-hybridized carbons (Fsp3) is 0.417. The molecule has 1 aliphatic rings. The van der Waals surface area contributed by atoms with Crippen LogP contribution in [0.25, 0.3) is 10.9 Å². The third-order valence-corrected chi connectivity index (χ3v) is 6.76. The molecule has 0 bridgehead atoms. The zero-order valence-electron chi connectivity index (χ0n) is 20.9. The molecule has 10 nitrogen and oxygen atoms in total. The maximum Gasteiger partial charge on any atom is 0.357 e. The average molecular weight is 537 g/mol. The number of alkyl halides is 1. The summed E-state index contributed by atoms with van der Waals surface area (Å²) in [5, 5.41) is 14.6. The fourth-order valence-corrected chi connectivity index (χ4v) is 5.01. The standard InChI is InChI=1S/C23H27N5O4S.CH3Cl.H3N/c1-24(2)10-6-11-27-18-8-4-3-7-17(18)20(21(23(27)30)28(31)32)25-12-14-26(15-13-25)22(29)19-9-5-16-33-19;1-2;/h3-5,7-9,16H,6,10-15H2,1-2H3;1H3;1H3. The summed E-state index contributed by atoms with van der Waals surface area (Å²) in [4.78, 5) is 43.9. The molecule has 1 aromatic carbocycles. The number of hydrogen-bond donors (Lipinski definition) is 1. The van der Waals surface area contributed by atoms with Gasteiger partial charge in [0, 0.05) is 44.5 Å². The van der Waals surface area contributed by atoms with Gasteiger partial charge in [-0.1, -0.05) is 24.3 Å². The van der Waals surface area contributed by atoms with Crippen molar-refractivity contribution in [2.75, 3.05) is 58.1 Å². The number of carbonyl (C=O) groups is 1. The Balaban J connectivity index is 0.00000148. The summed E-state index contributed by atoms with van der Waals surface area (Å²) in [5.74, 6) is -0.0275. The normalized spacial score (nSPS) is 13.2. The Labute approximate surface area is 219 Å². The van der Waals surface area contributed by atoms with Gasteiger partial charge in [0.05, 0.1) is 15.3 Å².